The van der Waals surface area contributed by atoms with E-state index in [0.717, 1.165) is 16.7 Å². The van der Waals surface area contributed by atoms with E-state index in [1.165, 1.54) is 11.0 Å². The second kappa shape index (κ2) is 7.45. The van der Waals surface area contributed by atoms with Gasteiger partial charge in [-0.3, -0.25) is 9.78 Å². The summed E-state index contributed by atoms with van der Waals surface area (Å²) in [7, 11) is 0. The van der Waals surface area contributed by atoms with Crippen LogP contribution in [0.5, 0.6) is 0 Å². The van der Waals surface area contributed by atoms with Crippen molar-refractivity contribution in [3.63, 3.8) is 0 Å². The molecule has 3 aromatic rings. The number of hydrogen-bond acceptors (Lipinski definition) is 5. The monoisotopic (exact) mass is 322 g/mol. The van der Waals surface area contributed by atoms with E-state index in [0.29, 0.717) is 13.1 Å². The lowest BCUT2D eigenvalue weighted by Gasteiger charge is -2.23. The molecule has 7 heteroatoms. The van der Waals surface area contributed by atoms with Crippen LogP contribution < -0.4 is 0 Å². The molecule has 24 heavy (non-hydrogen) atoms. The van der Waals surface area contributed by atoms with Crippen LogP contribution in [0.4, 0.5) is 0 Å². The highest BCUT2D eigenvalue weighted by atomic mass is 16.2. The first-order valence-corrected chi connectivity index (χ1v) is 7.64. The van der Waals surface area contributed by atoms with Crippen LogP contribution in [-0.4, -0.2) is 36.0 Å². The summed E-state index contributed by atoms with van der Waals surface area (Å²) in [5.74, 6) is -0.0468. The number of carbonyl (C=O) groups is 1. The molecular formula is C17H18N6O. The largest absolute Gasteiger partial charge is 0.332 e. The van der Waals surface area contributed by atoms with Crippen LogP contribution in [-0.2, 0) is 24.4 Å². The minimum Gasteiger partial charge on any atom is -0.332 e. The second-order valence-corrected chi connectivity index (χ2v) is 5.54. The van der Waals surface area contributed by atoms with Crippen LogP contribution >= 0.6 is 0 Å². The smallest absolute Gasteiger partial charge is 0.245 e. The van der Waals surface area contributed by atoms with E-state index in [1.807, 2.05) is 43.3 Å². The number of aryl methyl sites for hydroxylation is 1. The van der Waals surface area contributed by atoms with Gasteiger partial charge in [0.25, 0.3) is 0 Å². The molecule has 0 atom stereocenters. The predicted molar refractivity (Wildman–Crippen MR) is 87.5 cm³/mol. The van der Waals surface area contributed by atoms with Crippen molar-refractivity contribution in [3.8, 4) is 0 Å². The zero-order chi connectivity index (χ0) is 16.8. The second-order valence-electron chi connectivity index (χ2n) is 5.54. The molecule has 7 nitrogen and oxygen atoms in total. The Hall–Kier alpha value is -3.09. The molecule has 0 spiro atoms. The van der Waals surface area contributed by atoms with Crippen molar-refractivity contribution < 1.29 is 4.79 Å². The van der Waals surface area contributed by atoms with Crippen molar-refractivity contribution in [1.82, 2.24) is 30.1 Å². The molecule has 0 radical (unpaired) electrons. The molecule has 0 N–H and O–H groups in total. The number of rotatable bonds is 6. The van der Waals surface area contributed by atoms with Crippen molar-refractivity contribution in [2.24, 2.45) is 0 Å². The number of tetrazole rings is 1. The Morgan fingerprint density at radius 2 is 2.04 bits per heavy atom. The van der Waals surface area contributed by atoms with Gasteiger partial charge in [-0.2, -0.15) is 0 Å². The van der Waals surface area contributed by atoms with E-state index < -0.39 is 0 Å². The van der Waals surface area contributed by atoms with Crippen molar-refractivity contribution >= 4 is 5.91 Å². The Labute approximate surface area is 139 Å². The minimum atomic E-state index is -0.0468. The van der Waals surface area contributed by atoms with Crippen LogP contribution in [0.15, 0.2) is 55.1 Å². The van der Waals surface area contributed by atoms with Crippen LogP contribution in [0.3, 0.4) is 0 Å². The quantitative estimate of drug-likeness (QED) is 0.689. The lowest BCUT2D eigenvalue weighted by Crippen LogP contribution is -2.33. The summed E-state index contributed by atoms with van der Waals surface area (Å²) >= 11 is 0. The highest BCUT2D eigenvalue weighted by molar-refractivity contribution is 5.76. The maximum atomic E-state index is 12.7. The minimum absolute atomic E-state index is 0.0468. The van der Waals surface area contributed by atoms with Gasteiger partial charge in [0.2, 0.25) is 5.91 Å². The molecular weight excluding hydrogens is 304 g/mol. The van der Waals surface area contributed by atoms with Crippen LogP contribution in [0, 0.1) is 6.92 Å². The third-order valence-corrected chi connectivity index (χ3v) is 3.76. The van der Waals surface area contributed by atoms with E-state index in [4.69, 9.17) is 0 Å². The first kappa shape index (κ1) is 15.8. The summed E-state index contributed by atoms with van der Waals surface area (Å²) in [5.41, 5.74) is 3.26. The summed E-state index contributed by atoms with van der Waals surface area (Å²) in [6.45, 7) is 3.17. The molecule has 1 aromatic carbocycles. The number of aromatic nitrogens is 5. The van der Waals surface area contributed by atoms with Gasteiger partial charge in [-0.25, -0.2) is 4.68 Å². The van der Waals surface area contributed by atoms with E-state index in [1.54, 1.807) is 17.3 Å². The Morgan fingerprint density at radius 3 is 2.75 bits per heavy atom. The molecule has 0 aliphatic heterocycles. The molecule has 3 rings (SSSR count). The maximum absolute atomic E-state index is 12.7. The van der Waals surface area contributed by atoms with Gasteiger partial charge in [-0.05, 0) is 40.1 Å². The Kier molecular flexibility index (Phi) is 4.90. The Morgan fingerprint density at radius 1 is 1.17 bits per heavy atom. The van der Waals surface area contributed by atoms with E-state index in [2.05, 4.69) is 20.5 Å². The number of carbonyl (C=O) groups excluding carboxylic acids is 1. The zero-order valence-corrected chi connectivity index (χ0v) is 13.4. The normalized spacial score (nSPS) is 10.5. The molecule has 0 fully saturated rings. The zero-order valence-electron chi connectivity index (χ0n) is 13.4. The summed E-state index contributed by atoms with van der Waals surface area (Å²) in [4.78, 5) is 18.6. The molecule has 0 saturated heterocycles. The average molecular weight is 322 g/mol. The van der Waals surface area contributed by atoms with Gasteiger partial charge in [-0.1, -0.05) is 30.3 Å². The van der Waals surface area contributed by atoms with Gasteiger partial charge in [0.15, 0.2) is 0 Å². The molecule has 0 saturated carbocycles. The fraction of sp³-hybridized carbons (Fsp3) is 0.235. The highest BCUT2D eigenvalue weighted by Gasteiger charge is 2.16. The summed E-state index contributed by atoms with van der Waals surface area (Å²) in [6, 6.07) is 11.9. The number of benzene rings is 1. The fourth-order valence-electron chi connectivity index (χ4n) is 2.43. The van der Waals surface area contributed by atoms with Gasteiger partial charge >= 0.3 is 0 Å². The molecule has 1 amide bonds. The Balaban J connectivity index is 1.80. The fourth-order valence-corrected chi connectivity index (χ4v) is 2.43. The third kappa shape index (κ3) is 4.01. The maximum Gasteiger partial charge on any atom is 0.245 e. The molecule has 0 unspecified atom stereocenters. The number of amides is 1. The molecule has 0 aliphatic rings. The molecule has 0 aliphatic carbocycles. The van der Waals surface area contributed by atoms with Gasteiger partial charge in [-0.15, -0.1) is 5.10 Å². The summed E-state index contributed by atoms with van der Waals surface area (Å²) < 4.78 is 1.43. The number of hydrogen-bond donors (Lipinski definition) is 0. The van der Waals surface area contributed by atoms with E-state index in [9.17, 15) is 4.79 Å². The third-order valence-electron chi connectivity index (χ3n) is 3.76. The van der Waals surface area contributed by atoms with Gasteiger partial charge < -0.3 is 4.90 Å². The highest BCUT2D eigenvalue weighted by Crippen LogP contribution is 2.14. The number of nitrogens with zero attached hydrogens (tertiary/aromatic N) is 6. The van der Waals surface area contributed by atoms with Crippen molar-refractivity contribution in [3.05, 3.63) is 71.8 Å². The van der Waals surface area contributed by atoms with Gasteiger partial charge in [0, 0.05) is 25.5 Å². The lowest BCUT2D eigenvalue weighted by molar-refractivity contribution is -0.133. The van der Waals surface area contributed by atoms with E-state index in [-0.39, 0.29) is 12.5 Å². The van der Waals surface area contributed by atoms with Gasteiger partial charge in [0.1, 0.15) is 12.9 Å². The molecule has 2 heterocycles. The molecule has 2 aromatic heterocycles. The van der Waals surface area contributed by atoms with Crippen LogP contribution in [0.2, 0.25) is 0 Å². The van der Waals surface area contributed by atoms with E-state index >= 15 is 0 Å². The average Bonchev–Trinajstić information content (AvgIpc) is 3.10. The van der Waals surface area contributed by atoms with Gasteiger partial charge in [0.05, 0.1) is 0 Å². The first-order valence-electron chi connectivity index (χ1n) is 7.64. The first-order chi connectivity index (χ1) is 11.7. The standard InChI is InChI=1S/C17H18N6O/c1-14-5-2-3-7-16(14)11-22(10-15-6-4-8-18-9-15)17(24)12-23-13-19-20-21-23/h2-9,13H,10-12H2,1H3. The SMILES string of the molecule is Cc1ccccc1CN(Cc1cccnc1)C(=O)Cn1cnnn1. The summed E-state index contributed by atoms with van der Waals surface area (Å²) in [6.07, 6.45) is 4.93. The van der Waals surface area contributed by atoms with Crippen LogP contribution in [0.25, 0.3) is 0 Å². The predicted octanol–water partition coefficient (Wildman–Crippen LogP) is 1.61. The topological polar surface area (TPSA) is 76.8 Å². The summed E-state index contributed by atoms with van der Waals surface area (Å²) in [5, 5.41) is 10.9. The number of pyridine rings is 1. The van der Waals surface area contributed by atoms with Crippen molar-refractivity contribution in [2.45, 2.75) is 26.6 Å². The Bertz CT molecular complexity index is 788. The van der Waals surface area contributed by atoms with Crippen molar-refractivity contribution in [2.75, 3.05) is 0 Å². The molecule has 0 bridgehead atoms. The lowest BCUT2D eigenvalue weighted by atomic mass is 10.1. The molecule has 122 valence electrons. The van der Waals surface area contributed by atoms with Crippen LogP contribution in [0.1, 0.15) is 16.7 Å². The van der Waals surface area contributed by atoms with Crippen molar-refractivity contribution in [1.29, 1.82) is 0 Å².